The fourth-order valence-electron chi connectivity index (χ4n) is 2.54. The number of amides is 1. The van der Waals surface area contributed by atoms with Crippen molar-refractivity contribution in [1.82, 2.24) is 9.88 Å². The van der Waals surface area contributed by atoms with Gasteiger partial charge in [-0.2, -0.15) is 13.2 Å². The second-order valence-corrected chi connectivity index (χ2v) is 6.97. The van der Waals surface area contributed by atoms with Crippen molar-refractivity contribution in [3.8, 4) is 0 Å². The van der Waals surface area contributed by atoms with E-state index < -0.39 is 11.7 Å². The predicted octanol–water partition coefficient (Wildman–Crippen LogP) is 3.89. The Bertz CT molecular complexity index is 744. The zero-order valence-corrected chi connectivity index (χ0v) is 15.5. The summed E-state index contributed by atoms with van der Waals surface area (Å²) in [6.45, 7) is 0.754. The molecule has 9 heteroatoms. The van der Waals surface area contributed by atoms with Gasteiger partial charge in [-0.15, -0.1) is 23.7 Å². The Labute approximate surface area is 159 Å². The molecule has 1 aromatic carbocycles. The summed E-state index contributed by atoms with van der Waals surface area (Å²) in [5.41, 5.74) is 5.87. The van der Waals surface area contributed by atoms with E-state index in [1.165, 1.54) is 23.5 Å². The van der Waals surface area contributed by atoms with Crippen LogP contribution in [0.2, 0.25) is 0 Å². The first-order valence-corrected chi connectivity index (χ1v) is 8.88. The molecule has 1 amide bonds. The molecule has 1 aliphatic rings. The van der Waals surface area contributed by atoms with E-state index in [0.717, 1.165) is 30.0 Å². The van der Waals surface area contributed by atoms with E-state index in [4.69, 9.17) is 5.73 Å². The highest BCUT2D eigenvalue weighted by Crippen LogP contribution is 2.32. The number of thiazole rings is 1. The Hall–Kier alpha value is -1.64. The van der Waals surface area contributed by atoms with E-state index in [0.29, 0.717) is 24.2 Å². The fourth-order valence-corrected chi connectivity index (χ4v) is 3.33. The number of nitrogens with zero attached hydrogens (tertiary/aromatic N) is 2. The molecule has 3 rings (SSSR count). The minimum atomic E-state index is -4.36. The number of hydrogen-bond acceptors (Lipinski definition) is 4. The minimum Gasteiger partial charge on any atom is -0.330 e. The van der Waals surface area contributed by atoms with Crippen molar-refractivity contribution in [1.29, 1.82) is 0 Å². The zero-order chi connectivity index (χ0) is 18.0. The first-order valence-electron chi connectivity index (χ1n) is 8.00. The summed E-state index contributed by atoms with van der Waals surface area (Å²) in [5.74, 6) is -0.179. The van der Waals surface area contributed by atoms with E-state index in [2.05, 4.69) is 4.98 Å². The van der Waals surface area contributed by atoms with Gasteiger partial charge in [0.2, 0.25) is 0 Å². The number of benzene rings is 1. The van der Waals surface area contributed by atoms with Gasteiger partial charge in [-0.05, 0) is 37.1 Å². The standard InChI is InChI=1S/C17H18F3N3OS.ClH/c18-17(19,20)12-3-1-11(2-4-12)9-23(13-5-6-13)16(24)14-10-25-15(22-14)7-8-21;/h1-4,10,13H,5-9,21H2;1H. The van der Waals surface area contributed by atoms with Gasteiger partial charge in [0.1, 0.15) is 5.69 Å². The van der Waals surface area contributed by atoms with Crippen LogP contribution in [0, 0.1) is 0 Å². The summed E-state index contributed by atoms with van der Waals surface area (Å²) in [4.78, 5) is 18.7. The number of carbonyl (C=O) groups excluding carboxylic acids is 1. The van der Waals surface area contributed by atoms with Crippen LogP contribution in [0.3, 0.4) is 0 Å². The van der Waals surface area contributed by atoms with Gasteiger partial charge in [0.15, 0.2) is 0 Å². The van der Waals surface area contributed by atoms with E-state index in [-0.39, 0.29) is 30.9 Å². The molecule has 1 heterocycles. The van der Waals surface area contributed by atoms with Crippen LogP contribution in [0.4, 0.5) is 13.2 Å². The molecule has 0 unspecified atom stereocenters. The Morgan fingerprint density at radius 1 is 1.27 bits per heavy atom. The molecule has 0 atom stereocenters. The second kappa shape index (κ2) is 8.37. The molecule has 1 fully saturated rings. The lowest BCUT2D eigenvalue weighted by Gasteiger charge is -2.22. The van der Waals surface area contributed by atoms with Crippen molar-refractivity contribution in [3.05, 3.63) is 51.5 Å². The molecule has 0 saturated heterocycles. The molecule has 2 N–H and O–H groups in total. The van der Waals surface area contributed by atoms with Gasteiger partial charge >= 0.3 is 6.18 Å². The third-order valence-electron chi connectivity index (χ3n) is 4.01. The molecule has 142 valence electrons. The van der Waals surface area contributed by atoms with Crippen LogP contribution in [0.1, 0.15) is 39.5 Å². The summed E-state index contributed by atoms with van der Waals surface area (Å²) in [6, 6.07) is 5.08. The molecule has 0 spiro atoms. The lowest BCUT2D eigenvalue weighted by atomic mass is 10.1. The van der Waals surface area contributed by atoms with Crippen LogP contribution in [0.15, 0.2) is 29.6 Å². The number of carbonyl (C=O) groups is 1. The minimum absolute atomic E-state index is 0. The maximum absolute atomic E-state index is 12.7. The number of nitrogens with two attached hydrogens (primary N) is 1. The number of aromatic nitrogens is 1. The molecule has 2 aromatic rings. The first kappa shape index (κ1) is 20.7. The van der Waals surface area contributed by atoms with E-state index in [9.17, 15) is 18.0 Å². The molecule has 0 radical (unpaired) electrons. The molecular weight excluding hydrogens is 387 g/mol. The summed E-state index contributed by atoms with van der Waals surface area (Å²) in [6.07, 6.45) is -1.91. The largest absolute Gasteiger partial charge is 0.416 e. The number of alkyl halides is 3. The van der Waals surface area contributed by atoms with Gasteiger partial charge in [-0.1, -0.05) is 12.1 Å². The van der Waals surface area contributed by atoms with Crippen molar-refractivity contribution in [2.45, 2.75) is 38.0 Å². The molecule has 0 bridgehead atoms. The summed E-state index contributed by atoms with van der Waals surface area (Å²) in [5, 5.41) is 2.53. The summed E-state index contributed by atoms with van der Waals surface area (Å²) >= 11 is 1.40. The SMILES string of the molecule is Cl.NCCc1nc(C(=O)N(Cc2ccc(C(F)(F)F)cc2)C2CC2)cs1. The fraction of sp³-hybridized carbons (Fsp3) is 0.412. The molecule has 1 aromatic heterocycles. The van der Waals surface area contributed by atoms with Crippen molar-refractivity contribution in [2.75, 3.05) is 6.54 Å². The van der Waals surface area contributed by atoms with E-state index >= 15 is 0 Å². The third-order valence-corrected chi connectivity index (χ3v) is 4.92. The third kappa shape index (κ3) is 4.96. The molecule has 1 saturated carbocycles. The van der Waals surface area contributed by atoms with E-state index in [1.807, 2.05) is 0 Å². The average Bonchev–Trinajstić information content (AvgIpc) is 3.30. The summed E-state index contributed by atoms with van der Waals surface area (Å²) in [7, 11) is 0. The van der Waals surface area contributed by atoms with Crippen molar-refractivity contribution in [3.63, 3.8) is 0 Å². The van der Waals surface area contributed by atoms with Crippen LogP contribution in [0.25, 0.3) is 0 Å². The van der Waals surface area contributed by atoms with Crippen molar-refractivity contribution < 1.29 is 18.0 Å². The monoisotopic (exact) mass is 405 g/mol. The predicted molar refractivity (Wildman–Crippen MR) is 96.5 cm³/mol. The summed E-state index contributed by atoms with van der Waals surface area (Å²) < 4.78 is 38.0. The Morgan fingerprint density at radius 2 is 1.92 bits per heavy atom. The average molecular weight is 406 g/mol. The van der Waals surface area contributed by atoms with Gasteiger partial charge in [-0.3, -0.25) is 4.79 Å². The Morgan fingerprint density at radius 3 is 2.46 bits per heavy atom. The molecule has 4 nitrogen and oxygen atoms in total. The topological polar surface area (TPSA) is 59.2 Å². The van der Waals surface area contributed by atoms with Crippen LogP contribution >= 0.6 is 23.7 Å². The lowest BCUT2D eigenvalue weighted by Crippen LogP contribution is -2.32. The highest BCUT2D eigenvalue weighted by Gasteiger charge is 2.34. The van der Waals surface area contributed by atoms with Crippen LogP contribution in [-0.4, -0.2) is 28.4 Å². The maximum atomic E-state index is 12.7. The van der Waals surface area contributed by atoms with Gasteiger partial charge in [0, 0.05) is 24.4 Å². The van der Waals surface area contributed by atoms with Crippen molar-refractivity contribution >= 4 is 29.7 Å². The number of halogens is 4. The van der Waals surface area contributed by atoms with Crippen LogP contribution < -0.4 is 5.73 Å². The van der Waals surface area contributed by atoms with Gasteiger partial charge in [0.05, 0.1) is 10.6 Å². The Balaban J connectivity index is 0.00000243. The molecule has 1 aliphatic carbocycles. The number of hydrogen-bond donors (Lipinski definition) is 1. The van der Waals surface area contributed by atoms with Gasteiger partial charge < -0.3 is 10.6 Å². The zero-order valence-electron chi connectivity index (χ0n) is 13.8. The smallest absolute Gasteiger partial charge is 0.330 e. The maximum Gasteiger partial charge on any atom is 0.416 e. The number of rotatable bonds is 6. The van der Waals surface area contributed by atoms with Gasteiger partial charge in [-0.25, -0.2) is 4.98 Å². The second-order valence-electron chi connectivity index (χ2n) is 6.02. The molecule has 26 heavy (non-hydrogen) atoms. The highest BCUT2D eigenvalue weighted by atomic mass is 35.5. The quantitative estimate of drug-likeness (QED) is 0.793. The highest BCUT2D eigenvalue weighted by molar-refractivity contribution is 7.09. The normalized spacial score (nSPS) is 14.0. The first-order chi connectivity index (χ1) is 11.9. The van der Waals surface area contributed by atoms with Crippen molar-refractivity contribution in [2.24, 2.45) is 5.73 Å². The molecule has 0 aliphatic heterocycles. The molecular formula is C17H19ClF3N3OS. The lowest BCUT2D eigenvalue weighted by molar-refractivity contribution is -0.137. The van der Waals surface area contributed by atoms with Gasteiger partial charge in [0.25, 0.3) is 5.91 Å². The van der Waals surface area contributed by atoms with Crippen LogP contribution in [-0.2, 0) is 19.1 Å². The van der Waals surface area contributed by atoms with E-state index in [1.54, 1.807) is 10.3 Å². The van der Waals surface area contributed by atoms with Crippen LogP contribution in [0.5, 0.6) is 0 Å². The Kier molecular flexibility index (Phi) is 6.65.